The predicted molar refractivity (Wildman–Crippen MR) is 79.8 cm³/mol. The molecule has 8 heteroatoms. The summed E-state index contributed by atoms with van der Waals surface area (Å²) >= 11 is 0. The molecule has 0 unspecified atom stereocenters. The highest BCUT2D eigenvalue weighted by Gasteiger charge is 2.19. The molecule has 2 amide bonds. The fourth-order valence-electron chi connectivity index (χ4n) is 1.75. The third kappa shape index (κ3) is 9.87. The molecule has 126 valence electrons. The maximum Gasteiger partial charge on any atom is 0.305 e. The lowest BCUT2D eigenvalue weighted by Gasteiger charge is -2.17. The van der Waals surface area contributed by atoms with Crippen molar-refractivity contribution in [2.75, 3.05) is 20.2 Å². The molecule has 0 spiro atoms. The number of nitrogens with two attached hydrogens (primary N) is 1. The second kappa shape index (κ2) is 11.7. The van der Waals surface area contributed by atoms with Gasteiger partial charge in [0.05, 0.1) is 20.1 Å². The van der Waals surface area contributed by atoms with Crippen LogP contribution < -0.4 is 16.4 Å². The third-order valence-corrected chi connectivity index (χ3v) is 2.94. The number of Topliss-reactive ketones (excluding diaryl/α,β-unsaturated/α-hetero) is 1. The van der Waals surface area contributed by atoms with Crippen LogP contribution in [0.3, 0.4) is 0 Å². The average molecular weight is 315 g/mol. The Morgan fingerprint density at radius 1 is 1.14 bits per heavy atom. The van der Waals surface area contributed by atoms with Gasteiger partial charge in [-0.2, -0.15) is 0 Å². The lowest BCUT2D eigenvalue weighted by Crippen LogP contribution is -2.47. The van der Waals surface area contributed by atoms with Crippen molar-refractivity contribution in [2.24, 2.45) is 5.73 Å². The molecule has 22 heavy (non-hydrogen) atoms. The summed E-state index contributed by atoms with van der Waals surface area (Å²) < 4.78 is 4.43. The van der Waals surface area contributed by atoms with Crippen molar-refractivity contribution >= 4 is 23.6 Å². The van der Waals surface area contributed by atoms with E-state index in [0.29, 0.717) is 19.4 Å². The monoisotopic (exact) mass is 315 g/mol. The summed E-state index contributed by atoms with van der Waals surface area (Å²) in [5.74, 6) is -1.48. The van der Waals surface area contributed by atoms with Crippen LogP contribution in [0, 0.1) is 0 Å². The maximum atomic E-state index is 12.0. The highest BCUT2D eigenvalue weighted by Crippen LogP contribution is 2.01. The summed E-state index contributed by atoms with van der Waals surface area (Å²) in [5, 5.41) is 5.01. The number of unbranched alkanes of at least 4 members (excludes halogenated alkanes) is 1. The van der Waals surface area contributed by atoms with Crippen molar-refractivity contribution in [1.82, 2.24) is 10.6 Å². The SMILES string of the molecule is COC(=O)CCC(=O)CNC(=O)[C@H](CCCCN)NC(C)=O. The largest absolute Gasteiger partial charge is 0.469 e. The quantitative estimate of drug-likeness (QED) is 0.340. The molecule has 0 aromatic rings. The molecule has 0 aliphatic rings. The van der Waals surface area contributed by atoms with E-state index in [4.69, 9.17) is 5.73 Å². The van der Waals surface area contributed by atoms with Crippen LogP contribution in [0.25, 0.3) is 0 Å². The molecule has 0 radical (unpaired) electrons. The van der Waals surface area contributed by atoms with E-state index in [1.54, 1.807) is 0 Å². The van der Waals surface area contributed by atoms with E-state index in [-0.39, 0.29) is 31.1 Å². The van der Waals surface area contributed by atoms with Crippen LogP contribution in [-0.2, 0) is 23.9 Å². The maximum absolute atomic E-state index is 12.0. The fourth-order valence-corrected chi connectivity index (χ4v) is 1.75. The molecule has 0 aromatic heterocycles. The van der Waals surface area contributed by atoms with Crippen LogP contribution >= 0.6 is 0 Å². The van der Waals surface area contributed by atoms with Crippen LogP contribution in [0.1, 0.15) is 39.0 Å². The number of rotatable bonds is 11. The Bertz CT molecular complexity index is 398. The number of hydrogen-bond acceptors (Lipinski definition) is 6. The van der Waals surface area contributed by atoms with Gasteiger partial charge in [-0.1, -0.05) is 0 Å². The van der Waals surface area contributed by atoms with Crippen LogP contribution in [0.5, 0.6) is 0 Å². The van der Waals surface area contributed by atoms with Gasteiger partial charge in [-0.15, -0.1) is 0 Å². The fraction of sp³-hybridized carbons (Fsp3) is 0.714. The van der Waals surface area contributed by atoms with Gasteiger partial charge in [-0.05, 0) is 25.8 Å². The first-order valence-electron chi connectivity index (χ1n) is 7.24. The molecular weight excluding hydrogens is 290 g/mol. The molecule has 0 saturated heterocycles. The first-order chi connectivity index (χ1) is 10.4. The number of nitrogens with one attached hydrogen (secondary N) is 2. The van der Waals surface area contributed by atoms with Crippen molar-refractivity contribution in [2.45, 2.75) is 45.1 Å². The van der Waals surface area contributed by atoms with Gasteiger partial charge in [0.15, 0.2) is 5.78 Å². The topological polar surface area (TPSA) is 128 Å². The van der Waals surface area contributed by atoms with Crippen molar-refractivity contribution < 1.29 is 23.9 Å². The van der Waals surface area contributed by atoms with Gasteiger partial charge < -0.3 is 21.1 Å². The molecule has 0 heterocycles. The van der Waals surface area contributed by atoms with Crippen LogP contribution in [0.4, 0.5) is 0 Å². The number of ketones is 1. The van der Waals surface area contributed by atoms with Crippen molar-refractivity contribution in [3.63, 3.8) is 0 Å². The second-order valence-electron chi connectivity index (χ2n) is 4.87. The van der Waals surface area contributed by atoms with E-state index >= 15 is 0 Å². The van der Waals surface area contributed by atoms with Gasteiger partial charge in [0.2, 0.25) is 11.8 Å². The second-order valence-corrected chi connectivity index (χ2v) is 4.87. The molecular formula is C14H25N3O5. The number of esters is 1. The molecule has 0 aliphatic carbocycles. The first kappa shape index (κ1) is 20.0. The van der Waals surface area contributed by atoms with E-state index in [0.717, 1.165) is 6.42 Å². The Hall–Kier alpha value is -1.96. The van der Waals surface area contributed by atoms with Gasteiger partial charge in [0.1, 0.15) is 6.04 Å². The van der Waals surface area contributed by atoms with E-state index in [2.05, 4.69) is 15.4 Å². The summed E-state index contributed by atoms with van der Waals surface area (Å²) in [5.41, 5.74) is 5.39. The van der Waals surface area contributed by atoms with Crippen LogP contribution in [-0.4, -0.2) is 49.8 Å². The minimum atomic E-state index is -0.683. The van der Waals surface area contributed by atoms with Crippen LogP contribution in [0.15, 0.2) is 0 Å². The number of methoxy groups -OCH3 is 1. The molecule has 1 atom stereocenters. The smallest absolute Gasteiger partial charge is 0.305 e. The number of hydrogen-bond donors (Lipinski definition) is 3. The molecule has 0 saturated carbocycles. The highest BCUT2D eigenvalue weighted by molar-refractivity contribution is 5.91. The Morgan fingerprint density at radius 2 is 1.82 bits per heavy atom. The molecule has 8 nitrogen and oxygen atoms in total. The van der Waals surface area contributed by atoms with Crippen molar-refractivity contribution in [3.05, 3.63) is 0 Å². The Labute approximate surface area is 130 Å². The van der Waals surface area contributed by atoms with E-state index in [9.17, 15) is 19.2 Å². The Balaban J connectivity index is 4.22. The van der Waals surface area contributed by atoms with Crippen molar-refractivity contribution in [1.29, 1.82) is 0 Å². The number of carbonyl (C=O) groups is 4. The number of carbonyl (C=O) groups excluding carboxylic acids is 4. The third-order valence-electron chi connectivity index (χ3n) is 2.94. The zero-order chi connectivity index (χ0) is 17.0. The molecule has 0 rings (SSSR count). The molecule has 0 aliphatic heterocycles. The van der Waals surface area contributed by atoms with E-state index in [1.807, 2.05) is 0 Å². The Morgan fingerprint density at radius 3 is 2.36 bits per heavy atom. The molecule has 0 aromatic carbocycles. The zero-order valence-corrected chi connectivity index (χ0v) is 13.1. The van der Waals surface area contributed by atoms with E-state index in [1.165, 1.54) is 14.0 Å². The number of amides is 2. The molecule has 0 fully saturated rings. The summed E-state index contributed by atoms with van der Waals surface area (Å²) in [6.07, 6.45) is 1.90. The molecule has 0 bridgehead atoms. The summed E-state index contributed by atoms with van der Waals surface area (Å²) in [6, 6.07) is -0.683. The van der Waals surface area contributed by atoms with Gasteiger partial charge in [-0.25, -0.2) is 0 Å². The van der Waals surface area contributed by atoms with Crippen molar-refractivity contribution in [3.8, 4) is 0 Å². The lowest BCUT2D eigenvalue weighted by molar-refractivity contribution is -0.141. The van der Waals surface area contributed by atoms with Gasteiger partial charge in [0, 0.05) is 13.3 Å². The number of ether oxygens (including phenoxy) is 1. The predicted octanol–water partition coefficient (Wildman–Crippen LogP) is -0.741. The van der Waals surface area contributed by atoms with Gasteiger partial charge >= 0.3 is 5.97 Å². The first-order valence-corrected chi connectivity index (χ1v) is 7.24. The summed E-state index contributed by atoms with van der Waals surface area (Å²) in [7, 11) is 1.24. The standard InChI is InChI=1S/C14H25N3O5/c1-10(18)17-12(5-3-4-8-15)14(21)16-9-11(19)6-7-13(20)22-2/h12H,3-9,15H2,1-2H3,(H,16,21)(H,17,18)/t12-/m0/s1. The average Bonchev–Trinajstić information content (AvgIpc) is 2.48. The van der Waals surface area contributed by atoms with Crippen LogP contribution in [0.2, 0.25) is 0 Å². The molecule has 4 N–H and O–H groups in total. The highest BCUT2D eigenvalue weighted by atomic mass is 16.5. The van der Waals surface area contributed by atoms with Gasteiger partial charge in [-0.3, -0.25) is 19.2 Å². The lowest BCUT2D eigenvalue weighted by atomic mass is 10.1. The minimum Gasteiger partial charge on any atom is -0.469 e. The van der Waals surface area contributed by atoms with Gasteiger partial charge in [0.25, 0.3) is 0 Å². The zero-order valence-electron chi connectivity index (χ0n) is 13.1. The minimum absolute atomic E-state index is 0.00489. The normalized spacial score (nSPS) is 11.4. The summed E-state index contributed by atoms with van der Waals surface area (Å²) in [4.78, 5) is 45.5. The van der Waals surface area contributed by atoms with E-state index < -0.39 is 17.9 Å². The Kier molecular flexibility index (Phi) is 10.6. The summed E-state index contributed by atoms with van der Waals surface area (Å²) in [6.45, 7) is 1.66.